The van der Waals surface area contributed by atoms with Crippen LogP contribution in [-0.2, 0) is 0 Å². The van der Waals surface area contributed by atoms with E-state index in [1.165, 1.54) is 5.69 Å². The molecule has 0 amide bonds. The monoisotopic (exact) mass is 378 g/mol. The second-order valence-corrected chi connectivity index (χ2v) is 6.09. The van der Waals surface area contributed by atoms with Crippen LogP contribution in [0.3, 0.4) is 0 Å². The van der Waals surface area contributed by atoms with Gasteiger partial charge in [0.05, 0.1) is 11.9 Å². The number of nitrogens with zero attached hydrogens (tertiary/aromatic N) is 4. The molecule has 3 aromatic rings. The Hall–Kier alpha value is -1.63. The molecule has 0 spiro atoms. The third kappa shape index (κ3) is 2.37. The molecule has 0 unspecified atom stereocenters. The quantitative estimate of drug-likeness (QED) is 0.642. The summed E-state index contributed by atoms with van der Waals surface area (Å²) in [4.78, 5) is 6.77. The molecule has 20 heavy (non-hydrogen) atoms. The third-order valence-electron chi connectivity index (χ3n) is 3.26. The topological polar surface area (TPSA) is 33.4 Å². The van der Waals surface area contributed by atoms with Crippen LogP contribution in [0.2, 0.25) is 0 Å². The molecule has 2 heterocycles. The van der Waals surface area contributed by atoms with E-state index in [2.05, 4.69) is 68.8 Å². The van der Waals surface area contributed by atoms with Gasteiger partial charge in [0.2, 0.25) is 0 Å². The maximum Gasteiger partial charge on any atom is 0.157 e. The van der Waals surface area contributed by atoms with Crippen LogP contribution in [0.5, 0.6) is 0 Å². The van der Waals surface area contributed by atoms with Gasteiger partial charge in [0.15, 0.2) is 5.65 Å². The molecule has 0 N–H and O–H groups in total. The van der Waals surface area contributed by atoms with Gasteiger partial charge in [0.25, 0.3) is 0 Å². The largest absolute Gasteiger partial charge is 0.378 e. The van der Waals surface area contributed by atoms with Gasteiger partial charge < -0.3 is 4.90 Å². The minimum Gasteiger partial charge on any atom is -0.378 e. The SMILES string of the molecule is Cc1cc(I)nn2cc(-c3ccc(N(C)C)cc3)nc12. The fourth-order valence-corrected chi connectivity index (χ4v) is 2.86. The summed E-state index contributed by atoms with van der Waals surface area (Å²) >= 11 is 2.22. The van der Waals surface area contributed by atoms with Gasteiger partial charge in [-0.25, -0.2) is 9.50 Å². The van der Waals surface area contributed by atoms with Crippen LogP contribution in [0.4, 0.5) is 5.69 Å². The van der Waals surface area contributed by atoms with Gasteiger partial charge in [-0.05, 0) is 53.3 Å². The summed E-state index contributed by atoms with van der Waals surface area (Å²) < 4.78 is 2.83. The van der Waals surface area contributed by atoms with Crippen LogP contribution in [0.25, 0.3) is 16.9 Å². The summed E-state index contributed by atoms with van der Waals surface area (Å²) in [7, 11) is 4.07. The summed E-state index contributed by atoms with van der Waals surface area (Å²) in [6, 6.07) is 10.4. The molecule has 2 aromatic heterocycles. The van der Waals surface area contributed by atoms with Crippen molar-refractivity contribution in [2.45, 2.75) is 6.92 Å². The highest BCUT2D eigenvalue weighted by atomic mass is 127. The van der Waals surface area contributed by atoms with Crippen molar-refractivity contribution in [3.8, 4) is 11.3 Å². The van der Waals surface area contributed by atoms with Crippen molar-refractivity contribution in [1.82, 2.24) is 14.6 Å². The number of hydrogen-bond acceptors (Lipinski definition) is 3. The number of aromatic nitrogens is 3. The molecule has 102 valence electrons. The zero-order valence-electron chi connectivity index (χ0n) is 11.6. The zero-order valence-corrected chi connectivity index (χ0v) is 13.8. The Bertz CT molecular complexity index is 759. The number of halogens is 1. The van der Waals surface area contributed by atoms with Gasteiger partial charge >= 0.3 is 0 Å². The van der Waals surface area contributed by atoms with Crippen LogP contribution in [0, 0.1) is 10.6 Å². The Morgan fingerprint density at radius 2 is 1.85 bits per heavy atom. The van der Waals surface area contributed by atoms with E-state index in [1.54, 1.807) is 0 Å². The van der Waals surface area contributed by atoms with Gasteiger partial charge in [-0.1, -0.05) is 12.1 Å². The lowest BCUT2D eigenvalue weighted by atomic mass is 10.1. The van der Waals surface area contributed by atoms with Crippen molar-refractivity contribution >= 4 is 33.9 Å². The van der Waals surface area contributed by atoms with Crippen LogP contribution in [-0.4, -0.2) is 28.7 Å². The molecule has 0 aliphatic heterocycles. The van der Waals surface area contributed by atoms with E-state index < -0.39 is 0 Å². The van der Waals surface area contributed by atoms with Crippen LogP contribution < -0.4 is 4.90 Å². The summed E-state index contributed by atoms with van der Waals surface area (Å²) in [6.45, 7) is 2.06. The summed E-state index contributed by atoms with van der Waals surface area (Å²) in [5.74, 6) is 0. The van der Waals surface area contributed by atoms with Crippen LogP contribution >= 0.6 is 22.6 Å². The standard InChI is InChI=1S/C15H15IN4/c1-10-8-14(16)18-20-9-13(17-15(10)20)11-4-6-12(7-5-11)19(2)3/h4-9H,1-3H3. The first-order chi connectivity index (χ1) is 9.54. The number of imidazole rings is 1. The Morgan fingerprint density at radius 1 is 1.15 bits per heavy atom. The average molecular weight is 378 g/mol. The maximum atomic E-state index is 4.68. The highest BCUT2D eigenvalue weighted by Crippen LogP contribution is 2.23. The van der Waals surface area contributed by atoms with E-state index in [0.717, 1.165) is 26.2 Å². The number of fused-ring (bicyclic) bond motifs is 1. The highest BCUT2D eigenvalue weighted by molar-refractivity contribution is 14.1. The van der Waals surface area contributed by atoms with Crippen LogP contribution in [0.15, 0.2) is 36.5 Å². The summed E-state index contributed by atoms with van der Waals surface area (Å²) in [5, 5.41) is 4.46. The van der Waals surface area contributed by atoms with E-state index in [1.807, 2.05) is 30.9 Å². The second-order valence-electron chi connectivity index (χ2n) is 4.99. The van der Waals surface area contributed by atoms with Gasteiger partial charge in [-0.2, -0.15) is 5.10 Å². The van der Waals surface area contributed by atoms with Crippen molar-refractivity contribution < 1.29 is 0 Å². The van der Waals surface area contributed by atoms with Crippen molar-refractivity contribution in [1.29, 1.82) is 0 Å². The first kappa shape index (κ1) is 13.4. The van der Waals surface area contributed by atoms with Crippen molar-refractivity contribution in [2.24, 2.45) is 0 Å². The van der Waals surface area contributed by atoms with E-state index in [-0.39, 0.29) is 0 Å². The predicted octanol–water partition coefficient (Wildman–Crippen LogP) is 3.38. The Morgan fingerprint density at radius 3 is 2.50 bits per heavy atom. The highest BCUT2D eigenvalue weighted by Gasteiger charge is 2.08. The number of aryl methyl sites for hydroxylation is 1. The number of hydrogen-bond donors (Lipinski definition) is 0. The first-order valence-corrected chi connectivity index (χ1v) is 7.43. The Kier molecular flexibility index (Phi) is 3.37. The lowest BCUT2D eigenvalue weighted by Crippen LogP contribution is -2.07. The van der Waals surface area contributed by atoms with Crippen molar-refractivity contribution in [3.05, 3.63) is 45.8 Å². The molecule has 0 bridgehead atoms. The molecular formula is C15H15IN4. The van der Waals surface area contributed by atoms with E-state index >= 15 is 0 Å². The molecule has 3 rings (SSSR count). The predicted molar refractivity (Wildman–Crippen MR) is 90.2 cm³/mol. The number of anilines is 1. The van der Waals surface area contributed by atoms with Crippen molar-refractivity contribution in [2.75, 3.05) is 19.0 Å². The molecule has 0 saturated carbocycles. The van der Waals surface area contributed by atoms with Gasteiger partial charge in [0.1, 0.15) is 3.70 Å². The Balaban J connectivity index is 2.08. The fourth-order valence-electron chi connectivity index (χ4n) is 2.16. The number of rotatable bonds is 2. The molecule has 0 saturated heterocycles. The van der Waals surface area contributed by atoms with Crippen LogP contribution in [0.1, 0.15) is 5.56 Å². The van der Waals surface area contributed by atoms with Gasteiger partial charge in [0, 0.05) is 25.3 Å². The van der Waals surface area contributed by atoms with Gasteiger partial charge in [-0.15, -0.1) is 0 Å². The number of benzene rings is 1. The summed E-state index contributed by atoms with van der Waals surface area (Å²) in [5.41, 5.74) is 5.29. The molecule has 4 nitrogen and oxygen atoms in total. The molecule has 1 aromatic carbocycles. The molecule has 0 radical (unpaired) electrons. The molecule has 0 fully saturated rings. The minimum absolute atomic E-state index is 0.914. The Labute approximate surface area is 131 Å². The normalized spacial score (nSPS) is 11.0. The molecular weight excluding hydrogens is 363 g/mol. The van der Waals surface area contributed by atoms with Gasteiger partial charge in [-0.3, -0.25) is 0 Å². The average Bonchev–Trinajstić information content (AvgIpc) is 2.83. The smallest absolute Gasteiger partial charge is 0.157 e. The summed E-state index contributed by atoms with van der Waals surface area (Å²) in [6.07, 6.45) is 1.98. The fraction of sp³-hybridized carbons (Fsp3) is 0.200. The molecule has 0 aliphatic carbocycles. The molecule has 0 aliphatic rings. The third-order valence-corrected chi connectivity index (χ3v) is 3.79. The second kappa shape index (κ2) is 5.05. The molecule has 5 heteroatoms. The lowest BCUT2D eigenvalue weighted by molar-refractivity contribution is 0.906. The minimum atomic E-state index is 0.914. The van der Waals surface area contributed by atoms with E-state index in [0.29, 0.717) is 0 Å². The maximum absolute atomic E-state index is 4.68. The first-order valence-electron chi connectivity index (χ1n) is 6.35. The zero-order chi connectivity index (χ0) is 14.3. The lowest BCUT2D eigenvalue weighted by Gasteiger charge is -2.11. The van der Waals surface area contributed by atoms with Crippen molar-refractivity contribution in [3.63, 3.8) is 0 Å². The van der Waals surface area contributed by atoms with E-state index in [4.69, 9.17) is 0 Å². The van der Waals surface area contributed by atoms with E-state index in [9.17, 15) is 0 Å². The molecule has 0 atom stereocenters.